The molecule has 0 bridgehead atoms. The fraction of sp³-hybridized carbons (Fsp3) is 0.438. The van der Waals surface area contributed by atoms with Crippen LogP contribution in [0.15, 0.2) is 24.3 Å². The topological polar surface area (TPSA) is 26.3 Å². The van der Waals surface area contributed by atoms with Crippen LogP contribution in [0.5, 0.6) is 0 Å². The molecule has 2 nitrogen and oxygen atoms in total. The van der Waals surface area contributed by atoms with Crippen LogP contribution in [0, 0.1) is 13.8 Å². The summed E-state index contributed by atoms with van der Waals surface area (Å²) in [6.45, 7) is 5.78. The lowest BCUT2D eigenvalue weighted by Crippen LogP contribution is -2.21. The monoisotopic (exact) mass is 300 g/mol. The number of carbonyl (C=O) groups excluding carboxylic acids is 1. The molecular formula is C16H19F3O2. The van der Waals surface area contributed by atoms with Crippen LogP contribution in [0.1, 0.15) is 36.5 Å². The zero-order valence-electron chi connectivity index (χ0n) is 12.4. The molecule has 0 N–H and O–H groups in total. The summed E-state index contributed by atoms with van der Waals surface area (Å²) in [6, 6.07) is 5.36. The van der Waals surface area contributed by atoms with Crippen LogP contribution in [-0.4, -0.2) is 18.6 Å². The minimum atomic E-state index is -4.89. The van der Waals surface area contributed by atoms with Crippen molar-refractivity contribution in [2.75, 3.05) is 6.61 Å². The van der Waals surface area contributed by atoms with Gasteiger partial charge in [0.05, 0.1) is 6.61 Å². The lowest BCUT2D eigenvalue weighted by molar-refractivity contribution is -0.165. The van der Waals surface area contributed by atoms with E-state index in [4.69, 9.17) is 4.74 Å². The number of ether oxygens (including phenoxy) is 1. The van der Waals surface area contributed by atoms with Gasteiger partial charge in [-0.3, -0.25) is 4.79 Å². The van der Waals surface area contributed by atoms with E-state index in [0.717, 1.165) is 17.5 Å². The summed E-state index contributed by atoms with van der Waals surface area (Å²) < 4.78 is 42.8. The number of carbonyl (C=O) groups is 1. The van der Waals surface area contributed by atoms with Crippen LogP contribution in [0.3, 0.4) is 0 Å². The molecule has 0 aliphatic carbocycles. The zero-order valence-corrected chi connectivity index (χ0v) is 12.4. The van der Waals surface area contributed by atoms with Crippen LogP contribution in [0.2, 0.25) is 0 Å². The Morgan fingerprint density at radius 1 is 1.24 bits per heavy atom. The van der Waals surface area contributed by atoms with Crippen LogP contribution in [0.4, 0.5) is 13.2 Å². The van der Waals surface area contributed by atoms with Gasteiger partial charge in [0, 0.05) is 11.6 Å². The van der Waals surface area contributed by atoms with E-state index in [2.05, 4.69) is 0 Å². The van der Waals surface area contributed by atoms with Crippen LogP contribution in [0.25, 0.3) is 5.76 Å². The Morgan fingerprint density at radius 2 is 1.81 bits per heavy atom. The second-order valence-electron chi connectivity index (χ2n) is 4.84. The number of hydrogen-bond acceptors (Lipinski definition) is 2. The third-order valence-electron chi connectivity index (χ3n) is 3.02. The highest BCUT2D eigenvalue weighted by Crippen LogP contribution is 2.26. The van der Waals surface area contributed by atoms with Gasteiger partial charge >= 0.3 is 6.18 Å². The largest absolute Gasteiger partial charge is 0.493 e. The molecule has 1 aromatic carbocycles. The summed E-state index contributed by atoms with van der Waals surface area (Å²) in [4.78, 5) is 11.2. The Morgan fingerprint density at radius 3 is 2.29 bits per heavy atom. The second kappa shape index (κ2) is 7.29. The molecular weight excluding hydrogens is 281 g/mol. The highest BCUT2D eigenvalue weighted by Gasteiger charge is 2.37. The highest BCUT2D eigenvalue weighted by molar-refractivity contribution is 5.99. The fourth-order valence-electron chi connectivity index (χ4n) is 1.92. The molecule has 116 valence electrons. The van der Waals surface area contributed by atoms with Gasteiger partial charge in [-0.05, 0) is 31.4 Å². The van der Waals surface area contributed by atoms with E-state index < -0.39 is 12.0 Å². The van der Waals surface area contributed by atoms with Gasteiger partial charge < -0.3 is 4.74 Å². The molecule has 21 heavy (non-hydrogen) atoms. The van der Waals surface area contributed by atoms with E-state index in [1.54, 1.807) is 26.0 Å². The predicted molar refractivity (Wildman–Crippen MR) is 75.8 cm³/mol. The molecule has 0 aliphatic heterocycles. The summed E-state index contributed by atoms with van der Waals surface area (Å²) in [5.74, 6) is -1.92. The van der Waals surface area contributed by atoms with E-state index in [0.29, 0.717) is 18.1 Å². The van der Waals surface area contributed by atoms with Crippen molar-refractivity contribution in [2.24, 2.45) is 0 Å². The standard InChI is InChI=1S/C16H19F3O2/c1-4-5-9-21-13(10-14(20)16(17,18)19)15-11(2)7-6-8-12(15)3/h6-8,10H,4-5,9H2,1-3H3. The Balaban J connectivity index is 3.19. The minimum absolute atomic E-state index is 0.0126. The van der Waals surface area contributed by atoms with Gasteiger partial charge in [0.2, 0.25) is 0 Å². The van der Waals surface area contributed by atoms with Crippen molar-refractivity contribution in [1.29, 1.82) is 0 Å². The van der Waals surface area contributed by atoms with Gasteiger partial charge in [0.25, 0.3) is 5.78 Å². The van der Waals surface area contributed by atoms with Crippen molar-refractivity contribution in [3.05, 3.63) is 41.0 Å². The summed E-state index contributed by atoms with van der Waals surface area (Å²) in [7, 11) is 0. The van der Waals surface area contributed by atoms with Crippen molar-refractivity contribution in [2.45, 2.75) is 39.8 Å². The first-order chi connectivity index (χ1) is 9.77. The smallest absolute Gasteiger partial charge is 0.454 e. The maximum absolute atomic E-state index is 12.5. The molecule has 0 saturated carbocycles. The first kappa shape index (κ1) is 17.3. The summed E-state index contributed by atoms with van der Waals surface area (Å²) >= 11 is 0. The van der Waals surface area contributed by atoms with Gasteiger partial charge in [-0.1, -0.05) is 31.5 Å². The van der Waals surface area contributed by atoms with Crippen molar-refractivity contribution < 1.29 is 22.7 Å². The number of halogens is 3. The predicted octanol–water partition coefficient (Wildman–Crippen LogP) is 4.59. The number of rotatable bonds is 6. The molecule has 0 radical (unpaired) electrons. The van der Waals surface area contributed by atoms with Crippen molar-refractivity contribution in [3.63, 3.8) is 0 Å². The SMILES string of the molecule is CCCCOC(=CC(=O)C(F)(F)F)c1c(C)cccc1C. The fourth-order valence-corrected chi connectivity index (χ4v) is 1.92. The van der Waals surface area contributed by atoms with E-state index >= 15 is 0 Å². The minimum Gasteiger partial charge on any atom is -0.493 e. The zero-order chi connectivity index (χ0) is 16.0. The van der Waals surface area contributed by atoms with Gasteiger partial charge in [-0.2, -0.15) is 13.2 Å². The van der Waals surface area contributed by atoms with Gasteiger partial charge in [-0.15, -0.1) is 0 Å². The van der Waals surface area contributed by atoms with E-state index in [9.17, 15) is 18.0 Å². The lowest BCUT2D eigenvalue weighted by Gasteiger charge is -2.15. The Hall–Kier alpha value is -1.78. The highest BCUT2D eigenvalue weighted by atomic mass is 19.4. The quantitative estimate of drug-likeness (QED) is 0.436. The number of ketones is 1. The molecule has 0 amide bonds. The number of benzene rings is 1. The van der Waals surface area contributed by atoms with Gasteiger partial charge in [0.1, 0.15) is 5.76 Å². The molecule has 0 aliphatic rings. The number of hydrogen-bond donors (Lipinski definition) is 0. The molecule has 1 aromatic rings. The van der Waals surface area contributed by atoms with E-state index in [-0.39, 0.29) is 12.4 Å². The van der Waals surface area contributed by atoms with E-state index in [1.807, 2.05) is 13.0 Å². The average Bonchev–Trinajstić information content (AvgIpc) is 2.37. The number of alkyl halides is 3. The maximum atomic E-state index is 12.5. The van der Waals surface area contributed by atoms with Crippen molar-refractivity contribution in [3.8, 4) is 0 Å². The summed E-state index contributed by atoms with van der Waals surface area (Å²) in [5, 5.41) is 0. The molecule has 0 unspecified atom stereocenters. The van der Waals surface area contributed by atoms with E-state index in [1.165, 1.54) is 0 Å². The molecule has 5 heteroatoms. The maximum Gasteiger partial charge on any atom is 0.454 e. The van der Waals surface area contributed by atoms with Gasteiger partial charge in [-0.25, -0.2) is 0 Å². The Labute approximate surface area is 122 Å². The van der Waals surface area contributed by atoms with Crippen LogP contribution >= 0.6 is 0 Å². The molecule has 0 aromatic heterocycles. The molecule has 1 rings (SSSR count). The molecule has 0 fully saturated rings. The second-order valence-corrected chi connectivity index (χ2v) is 4.84. The normalized spacial score (nSPS) is 12.4. The third kappa shape index (κ3) is 4.92. The number of aryl methyl sites for hydroxylation is 2. The summed E-state index contributed by atoms with van der Waals surface area (Å²) in [5.41, 5.74) is 2.09. The molecule has 0 heterocycles. The lowest BCUT2D eigenvalue weighted by atomic mass is 10.0. The van der Waals surface area contributed by atoms with Crippen molar-refractivity contribution in [1.82, 2.24) is 0 Å². The number of allylic oxidation sites excluding steroid dienone is 1. The van der Waals surface area contributed by atoms with Crippen LogP contribution in [-0.2, 0) is 9.53 Å². The van der Waals surface area contributed by atoms with Gasteiger partial charge in [0.15, 0.2) is 0 Å². The Kier molecular flexibility index (Phi) is 6.00. The average molecular weight is 300 g/mol. The molecule has 0 spiro atoms. The molecule has 0 saturated heterocycles. The number of unbranched alkanes of at least 4 members (excludes halogenated alkanes) is 1. The molecule has 0 atom stereocenters. The Bertz CT molecular complexity index is 511. The third-order valence-corrected chi connectivity index (χ3v) is 3.02. The van der Waals surface area contributed by atoms with Crippen LogP contribution < -0.4 is 0 Å². The first-order valence-corrected chi connectivity index (χ1v) is 6.79. The first-order valence-electron chi connectivity index (χ1n) is 6.79. The van der Waals surface area contributed by atoms with Crippen molar-refractivity contribution >= 4 is 11.5 Å². The summed E-state index contributed by atoms with van der Waals surface area (Å²) in [6.07, 6.45) is -2.78.